The number of hydrogen-bond donors (Lipinski definition) is 0. The van der Waals surface area contributed by atoms with E-state index in [0.717, 1.165) is 0 Å². The lowest BCUT2D eigenvalue weighted by Crippen LogP contribution is -2.24. The molecule has 0 fully saturated rings. The highest BCUT2D eigenvalue weighted by atomic mass is 19.1. The Morgan fingerprint density at radius 3 is 0.712 bits per heavy atom. The maximum atomic E-state index is 14.1. The SMILES string of the molecule is N#CC(C#N)=c1c2nc(-c3ccc(F)cc3)c(-c3ccc(F)cc3)nc2c(=C(C#N)C#N)c2nc(-c3ccc(F)cc3)c(-c3ccc(F)cc3)nc12. The second-order valence-corrected chi connectivity index (χ2v) is 11.2. The van der Waals surface area contributed by atoms with Crippen molar-refractivity contribution in [3.63, 3.8) is 0 Å². The minimum Gasteiger partial charge on any atom is -0.243 e. The molecule has 0 spiro atoms. The zero-order valence-corrected chi connectivity index (χ0v) is 26.3. The number of rotatable bonds is 4. The zero-order chi connectivity index (χ0) is 36.5. The van der Waals surface area contributed by atoms with Crippen LogP contribution in [0.2, 0.25) is 0 Å². The molecule has 0 aliphatic rings. The lowest BCUT2D eigenvalue weighted by Gasteiger charge is -2.15. The standard InChI is InChI=1S/C40H16F4N8/c41-27-9-1-21(2-10-27)33-34(22-3-11-28(42)12-4-22)50-38-32(26(19-47)20-48)40-39(31(37(38)49-33)25(17-45)18-46)51-35(23-5-13-29(43)14-6-23)36(52-40)24-7-15-30(44)16-8-24/h1-16H. The third kappa shape index (κ3) is 5.69. The molecule has 5 aromatic carbocycles. The molecule has 7 aromatic rings. The average Bonchev–Trinajstić information content (AvgIpc) is 3.16. The molecule has 0 atom stereocenters. The van der Waals surface area contributed by atoms with Crippen LogP contribution in [-0.4, -0.2) is 19.9 Å². The molecule has 0 bridgehead atoms. The molecule has 0 aliphatic heterocycles. The van der Waals surface area contributed by atoms with Gasteiger partial charge in [-0.1, -0.05) is 0 Å². The van der Waals surface area contributed by atoms with Crippen molar-refractivity contribution in [1.29, 1.82) is 21.0 Å². The van der Waals surface area contributed by atoms with Gasteiger partial charge in [-0.3, -0.25) is 0 Å². The van der Waals surface area contributed by atoms with Gasteiger partial charge in [-0.15, -0.1) is 0 Å². The van der Waals surface area contributed by atoms with Crippen LogP contribution in [0.3, 0.4) is 0 Å². The van der Waals surface area contributed by atoms with E-state index in [9.17, 15) is 38.6 Å². The van der Waals surface area contributed by atoms with Crippen LogP contribution in [0.1, 0.15) is 0 Å². The van der Waals surface area contributed by atoms with E-state index in [1.54, 1.807) is 0 Å². The van der Waals surface area contributed by atoms with Crippen molar-refractivity contribution < 1.29 is 17.6 Å². The fourth-order valence-electron chi connectivity index (χ4n) is 5.78. The molecule has 244 valence electrons. The number of fused-ring (bicyclic) bond motifs is 2. The second kappa shape index (κ2) is 13.2. The molecule has 52 heavy (non-hydrogen) atoms. The first-order valence-electron chi connectivity index (χ1n) is 15.2. The van der Waals surface area contributed by atoms with E-state index in [1.807, 2.05) is 24.3 Å². The summed E-state index contributed by atoms with van der Waals surface area (Å²) in [7, 11) is 0. The molecular formula is C40H16F4N8. The topological polar surface area (TPSA) is 147 Å². The van der Waals surface area contributed by atoms with Crippen LogP contribution in [0.5, 0.6) is 0 Å². The summed E-state index contributed by atoms with van der Waals surface area (Å²) in [5.41, 5.74) is 0.505. The molecule has 0 saturated carbocycles. The Morgan fingerprint density at radius 2 is 0.538 bits per heavy atom. The number of benzene rings is 5. The molecule has 2 aromatic heterocycles. The lowest BCUT2D eigenvalue weighted by molar-refractivity contribution is 0.627. The number of aromatic nitrogens is 4. The Labute approximate surface area is 291 Å². The summed E-state index contributed by atoms with van der Waals surface area (Å²) in [6.45, 7) is 0. The van der Waals surface area contributed by atoms with Crippen LogP contribution in [0.15, 0.2) is 97.1 Å². The van der Waals surface area contributed by atoms with Gasteiger partial charge in [-0.05, 0) is 97.1 Å². The second-order valence-electron chi connectivity index (χ2n) is 11.2. The molecule has 0 unspecified atom stereocenters. The van der Waals surface area contributed by atoms with Crippen LogP contribution in [0.25, 0.3) is 78.2 Å². The van der Waals surface area contributed by atoms with Gasteiger partial charge >= 0.3 is 0 Å². The number of hydrogen-bond acceptors (Lipinski definition) is 8. The van der Waals surface area contributed by atoms with Gasteiger partial charge in [-0.2, -0.15) is 21.0 Å². The molecule has 2 heterocycles. The first kappa shape index (κ1) is 32.7. The molecule has 7 rings (SSSR count). The van der Waals surface area contributed by atoms with Crippen LogP contribution in [0, 0.1) is 68.6 Å². The van der Waals surface area contributed by atoms with Crippen molar-refractivity contribution in [3.8, 4) is 69.3 Å². The van der Waals surface area contributed by atoms with E-state index < -0.39 is 34.4 Å². The lowest BCUT2D eigenvalue weighted by atomic mass is 9.99. The van der Waals surface area contributed by atoms with E-state index in [-0.39, 0.29) is 55.3 Å². The Bertz CT molecular complexity index is 2500. The van der Waals surface area contributed by atoms with Gasteiger partial charge in [-0.25, -0.2) is 37.5 Å². The molecule has 0 N–H and O–H groups in total. The average molecular weight is 685 g/mol. The summed E-state index contributed by atoms with van der Waals surface area (Å²) >= 11 is 0. The van der Waals surface area contributed by atoms with Crippen LogP contribution < -0.4 is 10.4 Å². The van der Waals surface area contributed by atoms with Crippen LogP contribution in [0.4, 0.5) is 17.6 Å². The number of nitrogens with zero attached hydrogens (tertiary/aromatic N) is 8. The van der Waals surface area contributed by atoms with E-state index >= 15 is 0 Å². The summed E-state index contributed by atoms with van der Waals surface area (Å²) in [6.07, 6.45) is 0. The normalized spacial score (nSPS) is 10.6. The quantitative estimate of drug-likeness (QED) is 0.140. The van der Waals surface area contributed by atoms with Crippen LogP contribution >= 0.6 is 0 Å². The molecule has 0 radical (unpaired) electrons. The van der Waals surface area contributed by atoms with Gasteiger partial charge in [0.25, 0.3) is 0 Å². The van der Waals surface area contributed by atoms with Gasteiger partial charge in [0.2, 0.25) is 0 Å². The van der Waals surface area contributed by atoms with E-state index in [4.69, 9.17) is 19.9 Å². The van der Waals surface area contributed by atoms with Crippen LogP contribution in [-0.2, 0) is 0 Å². The van der Waals surface area contributed by atoms with Gasteiger partial charge in [0.05, 0.1) is 33.2 Å². The summed E-state index contributed by atoms with van der Waals surface area (Å²) in [5, 5.41) is 40.7. The molecule has 0 aliphatic carbocycles. The largest absolute Gasteiger partial charge is 0.243 e. The highest BCUT2D eigenvalue weighted by Gasteiger charge is 2.24. The fraction of sp³-hybridized carbons (Fsp3) is 0. The zero-order valence-electron chi connectivity index (χ0n) is 26.3. The Hall–Kier alpha value is -7.80. The Balaban J connectivity index is 1.79. The molecule has 0 amide bonds. The molecular weight excluding hydrogens is 668 g/mol. The minimum absolute atomic E-state index is 0.123. The Morgan fingerprint density at radius 1 is 0.346 bits per heavy atom. The van der Waals surface area contributed by atoms with Crippen molar-refractivity contribution in [1.82, 2.24) is 19.9 Å². The third-order valence-electron chi connectivity index (χ3n) is 8.16. The van der Waals surface area contributed by atoms with Gasteiger partial charge in [0, 0.05) is 22.3 Å². The highest BCUT2D eigenvalue weighted by molar-refractivity contribution is 6.03. The Kier molecular flexibility index (Phi) is 8.34. The maximum absolute atomic E-state index is 14.1. The predicted molar refractivity (Wildman–Crippen MR) is 183 cm³/mol. The van der Waals surface area contributed by atoms with Gasteiger partial charge in [0.15, 0.2) is 0 Å². The monoisotopic (exact) mass is 684 g/mol. The van der Waals surface area contributed by atoms with E-state index in [2.05, 4.69) is 0 Å². The summed E-state index contributed by atoms with van der Waals surface area (Å²) < 4.78 is 56.3. The van der Waals surface area contributed by atoms with Crippen molar-refractivity contribution in [2.45, 2.75) is 0 Å². The number of halogens is 4. The molecule has 12 heteroatoms. The summed E-state index contributed by atoms with van der Waals surface area (Å²) in [5.74, 6) is -2.16. The van der Waals surface area contributed by atoms with Gasteiger partial charge in [0.1, 0.15) is 80.8 Å². The first-order valence-corrected chi connectivity index (χ1v) is 15.2. The highest BCUT2D eigenvalue weighted by Crippen LogP contribution is 2.33. The first-order chi connectivity index (χ1) is 25.2. The molecule has 8 nitrogen and oxygen atoms in total. The smallest absolute Gasteiger partial charge is 0.141 e. The molecule has 0 saturated heterocycles. The maximum Gasteiger partial charge on any atom is 0.141 e. The third-order valence-corrected chi connectivity index (χ3v) is 8.16. The summed E-state index contributed by atoms with van der Waals surface area (Å²) in [4.78, 5) is 19.5. The van der Waals surface area contributed by atoms with Crippen molar-refractivity contribution >= 4 is 33.2 Å². The fourth-order valence-corrected chi connectivity index (χ4v) is 5.78. The summed E-state index contributed by atoms with van der Waals surface area (Å²) in [6, 6.07) is 28.5. The number of nitriles is 4. The van der Waals surface area contributed by atoms with Crippen molar-refractivity contribution in [2.24, 2.45) is 0 Å². The minimum atomic E-state index is -0.540. The van der Waals surface area contributed by atoms with E-state index in [1.165, 1.54) is 97.1 Å². The van der Waals surface area contributed by atoms with Crippen molar-refractivity contribution in [3.05, 3.63) is 131 Å². The van der Waals surface area contributed by atoms with Crippen molar-refractivity contribution in [2.75, 3.05) is 0 Å². The van der Waals surface area contributed by atoms with E-state index in [0.29, 0.717) is 22.3 Å². The predicted octanol–water partition coefficient (Wildman–Crippen LogP) is 7.19. The van der Waals surface area contributed by atoms with Gasteiger partial charge < -0.3 is 0 Å².